The van der Waals surface area contributed by atoms with Crippen molar-refractivity contribution in [2.45, 2.75) is 51.9 Å². The van der Waals surface area contributed by atoms with Crippen molar-refractivity contribution in [2.24, 2.45) is 0 Å². The summed E-state index contributed by atoms with van der Waals surface area (Å²) < 4.78 is 65.0. The van der Waals surface area contributed by atoms with Crippen molar-refractivity contribution in [2.75, 3.05) is 19.8 Å². The van der Waals surface area contributed by atoms with E-state index in [4.69, 9.17) is 9.47 Å². The van der Waals surface area contributed by atoms with E-state index in [0.29, 0.717) is 24.6 Å². The number of aromatic nitrogens is 1. The quantitative estimate of drug-likeness (QED) is 0.305. The van der Waals surface area contributed by atoms with Crippen LogP contribution in [0.5, 0.6) is 5.75 Å². The zero-order chi connectivity index (χ0) is 26.7. The Labute approximate surface area is 211 Å². The molecule has 1 atom stereocenters. The molecule has 0 saturated carbocycles. The van der Waals surface area contributed by atoms with E-state index in [9.17, 15) is 27.2 Å². The lowest BCUT2D eigenvalue weighted by Crippen LogP contribution is -2.44. The molecular formula is C27H28F4N2O4. The Morgan fingerprint density at radius 1 is 1.14 bits per heavy atom. The molecule has 0 saturated heterocycles. The van der Waals surface area contributed by atoms with Gasteiger partial charge in [-0.3, -0.25) is 9.59 Å². The van der Waals surface area contributed by atoms with Gasteiger partial charge >= 0.3 is 12.1 Å². The molecule has 198 valence electrons. The Bertz CT molecular complexity index is 1280. The number of fused-ring (bicyclic) bond motifs is 3. The molecule has 4 rings (SSSR count). The van der Waals surface area contributed by atoms with Crippen LogP contribution >= 0.6 is 0 Å². The Morgan fingerprint density at radius 3 is 2.51 bits per heavy atom. The number of carbonyl (C=O) groups is 2. The third-order valence-electron chi connectivity index (χ3n) is 6.62. The number of amides is 1. The van der Waals surface area contributed by atoms with Crippen molar-refractivity contribution >= 4 is 22.8 Å². The van der Waals surface area contributed by atoms with Crippen molar-refractivity contribution in [1.82, 2.24) is 9.47 Å². The van der Waals surface area contributed by atoms with Gasteiger partial charge < -0.3 is 18.9 Å². The summed E-state index contributed by atoms with van der Waals surface area (Å²) in [6.45, 7) is 3.82. The van der Waals surface area contributed by atoms with Gasteiger partial charge in [-0.05, 0) is 74.2 Å². The number of carbonyl (C=O) groups excluding carboxylic acids is 2. The van der Waals surface area contributed by atoms with Gasteiger partial charge in [0.1, 0.15) is 24.7 Å². The summed E-state index contributed by atoms with van der Waals surface area (Å²) >= 11 is 0. The molecule has 10 heteroatoms. The second-order valence-electron chi connectivity index (χ2n) is 8.96. The van der Waals surface area contributed by atoms with Gasteiger partial charge in [-0.1, -0.05) is 0 Å². The summed E-state index contributed by atoms with van der Waals surface area (Å²) in [6.07, 6.45) is -2.73. The second-order valence-corrected chi connectivity index (χ2v) is 8.96. The van der Waals surface area contributed by atoms with Gasteiger partial charge in [0, 0.05) is 29.6 Å². The molecule has 37 heavy (non-hydrogen) atoms. The molecule has 0 bridgehead atoms. The smallest absolute Gasteiger partial charge is 0.416 e. The van der Waals surface area contributed by atoms with Gasteiger partial charge in [-0.15, -0.1) is 0 Å². The van der Waals surface area contributed by atoms with E-state index in [1.807, 2.05) is 4.57 Å². The molecule has 1 amide bonds. The fourth-order valence-electron chi connectivity index (χ4n) is 4.99. The maximum Gasteiger partial charge on any atom is 0.416 e. The molecule has 1 heterocycles. The van der Waals surface area contributed by atoms with Gasteiger partial charge in [-0.25, -0.2) is 4.39 Å². The molecule has 1 aliphatic rings. The Hall–Kier alpha value is -3.56. The lowest BCUT2D eigenvalue weighted by Gasteiger charge is -2.34. The summed E-state index contributed by atoms with van der Waals surface area (Å²) in [5, 5.41) is 0.702. The Morgan fingerprint density at radius 2 is 1.86 bits per heavy atom. The van der Waals surface area contributed by atoms with Crippen LogP contribution in [-0.2, 0) is 39.9 Å². The minimum Gasteiger partial charge on any atom is -0.492 e. The topological polar surface area (TPSA) is 60.8 Å². The van der Waals surface area contributed by atoms with E-state index in [0.717, 1.165) is 28.9 Å². The number of nitrogens with zero attached hydrogens (tertiary/aromatic N) is 2. The maximum absolute atomic E-state index is 14.2. The Kier molecular flexibility index (Phi) is 7.75. The summed E-state index contributed by atoms with van der Waals surface area (Å²) in [7, 11) is 0. The van der Waals surface area contributed by atoms with Gasteiger partial charge in [0.05, 0.1) is 18.7 Å². The number of halogens is 4. The number of hydrogen-bond donors (Lipinski definition) is 0. The number of rotatable bonds is 8. The van der Waals surface area contributed by atoms with Gasteiger partial charge in [0.2, 0.25) is 5.91 Å². The van der Waals surface area contributed by atoms with Crippen molar-refractivity contribution in [3.63, 3.8) is 0 Å². The van der Waals surface area contributed by atoms with Crippen molar-refractivity contribution < 1.29 is 36.6 Å². The summed E-state index contributed by atoms with van der Waals surface area (Å²) in [6, 6.07) is 8.68. The van der Waals surface area contributed by atoms with Crippen molar-refractivity contribution in [3.05, 3.63) is 65.1 Å². The minimum absolute atomic E-state index is 0.0212. The minimum atomic E-state index is -4.42. The first-order chi connectivity index (χ1) is 17.6. The number of esters is 1. The molecule has 0 aliphatic heterocycles. The van der Waals surface area contributed by atoms with E-state index in [-0.39, 0.29) is 55.8 Å². The molecule has 1 aliphatic carbocycles. The Balaban J connectivity index is 1.50. The van der Waals surface area contributed by atoms with Crippen LogP contribution in [0.4, 0.5) is 17.6 Å². The normalized spacial score (nSPS) is 15.4. The van der Waals surface area contributed by atoms with Crippen molar-refractivity contribution in [3.8, 4) is 5.75 Å². The molecule has 0 unspecified atom stereocenters. The van der Waals surface area contributed by atoms with Crippen LogP contribution in [0.1, 0.15) is 37.1 Å². The number of benzene rings is 2. The second kappa shape index (κ2) is 10.8. The van der Waals surface area contributed by atoms with Crippen molar-refractivity contribution in [1.29, 1.82) is 0 Å². The lowest BCUT2D eigenvalue weighted by atomic mass is 9.90. The van der Waals surface area contributed by atoms with Gasteiger partial charge in [-0.2, -0.15) is 13.2 Å². The largest absolute Gasteiger partial charge is 0.492 e. The van der Waals surface area contributed by atoms with Crippen LogP contribution in [0.2, 0.25) is 0 Å². The number of hydrogen-bond acceptors (Lipinski definition) is 4. The average molecular weight is 521 g/mol. The third-order valence-corrected chi connectivity index (χ3v) is 6.62. The predicted octanol–water partition coefficient (Wildman–Crippen LogP) is 5.15. The van der Waals surface area contributed by atoms with E-state index in [2.05, 4.69) is 0 Å². The number of ether oxygens (including phenoxy) is 2. The molecule has 3 aromatic rings. The summed E-state index contributed by atoms with van der Waals surface area (Å²) in [5.74, 6) is -0.649. The van der Waals surface area contributed by atoms with E-state index in [1.54, 1.807) is 17.9 Å². The highest BCUT2D eigenvalue weighted by Crippen LogP contribution is 2.35. The van der Waals surface area contributed by atoms with Gasteiger partial charge in [0.15, 0.2) is 0 Å². The molecule has 0 N–H and O–H groups in total. The van der Waals surface area contributed by atoms with Crippen LogP contribution in [-0.4, -0.2) is 47.1 Å². The molecule has 0 spiro atoms. The van der Waals surface area contributed by atoms with Crippen LogP contribution in [0.3, 0.4) is 0 Å². The summed E-state index contributed by atoms with van der Waals surface area (Å²) in [5.41, 5.74) is 1.79. The monoisotopic (exact) mass is 520 g/mol. The summed E-state index contributed by atoms with van der Waals surface area (Å²) in [4.78, 5) is 26.4. The third kappa shape index (κ3) is 5.89. The van der Waals surface area contributed by atoms with Crippen LogP contribution in [0.25, 0.3) is 10.9 Å². The zero-order valence-electron chi connectivity index (χ0n) is 20.6. The molecular weight excluding hydrogens is 492 g/mol. The molecule has 0 fully saturated rings. The van der Waals surface area contributed by atoms with Crippen LogP contribution in [0.15, 0.2) is 42.5 Å². The van der Waals surface area contributed by atoms with Gasteiger partial charge in [0.25, 0.3) is 0 Å². The molecule has 0 radical (unpaired) electrons. The van der Waals surface area contributed by atoms with Crippen LogP contribution in [0, 0.1) is 5.82 Å². The fraction of sp³-hybridized carbons (Fsp3) is 0.407. The first-order valence-electron chi connectivity index (χ1n) is 12.1. The zero-order valence-corrected chi connectivity index (χ0v) is 20.6. The molecule has 6 nitrogen and oxygen atoms in total. The number of alkyl halides is 3. The maximum atomic E-state index is 14.2. The highest BCUT2D eigenvalue weighted by molar-refractivity contribution is 5.87. The molecule has 2 aromatic carbocycles. The first-order valence-corrected chi connectivity index (χ1v) is 12.1. The molecule has 1 aromatic heterocycles. The van der Waals surface area contributed by atoms with E-state index in [1.165, 1.54) is 31.2 Å². The first kappa shape index (κ1) is 26.5. The predicted molar refractivity (Wildman–Crippen MR) is 129 cm³/mol. The van der Waals surface area contributed by atoms with E-state index < -0.39 is 11.7 Å². The fourth-order valence-corrected chi connectivity index (χ4v) is 4.99. The SMILES string of the molecule is CCOC(=O)Cn1c2c(c3cc(F)ccc31)C[C@@H](N(CCOc1ccc(C(F)(F)F)cc1)C(C)=O)CC2. The van der Waals surface area contributed by atoms with Crippen LogP contribution < -0.4 is 4.74 Å². The lowest BCUT2D eigenvalue weighted by molar-refractivity contribution is -0.143. The standard InChI is InChI=1S/C27H28F4N2O4/c1-3-36-26(35)16-33-24-10-6-19(28)14-22(24)23-15-20(7-11-25(23)33)32(17(2)34)12-13-37-21-8-4-18(5-9-21)27(29,30)31/h4-6,8-10,14,20H,3,7,11-13,15-16H2,1-2H3/t20-/m0/s1. The highest BCUT2D eigenvalue weighted by atomic mass is 19.4. The van der Waals surface area contributed by atoms with E-state index >= 15 is 0 Å². The average Bonchev–Trinajstić information content (AvgIpc) is 3.13. The highest BCUT2D eigenvalue weighted by Gasteiger charge is 2.32.